The fourth-order valence-electron chi connectivity index (χ4n) is 2.86. The summed E-state index contributed by atoms with van der Waals surface area (Å²) in [5, 5.41) is 8.14. The fraction of sp³-hybridized carbons (Fsp3) is 0.375. The van der Waals surface area contributed by atoms with Crippen LogP contribution >= 0.6 is 0 Å². The minimum atomic E-state index is -0.361. The van der Waals surface area contributed by atoms with Crippen molar-refractivity contribution in [3.05, 3.63) is 41.2 Å². The lowest BCUT2D eigenvalue weighted by molar-refractivity contribution is -0.121. The number of hydrogen-bond acceptors (Lipinski definition) is 4. The number of primary amides is 1. The molecular weight excluding hydrogens is 294 g/mol. The smallest absolute Gasteiger partial charge is 0.276 e. The first kappa shape index (κ1) is 15.2. The van der Waals surface area contributed by atoms with Crippen LogP contribution in [-0.4, -0.2) is 44.8 Å². The van der Waals surface area contributed by atoms with Crippen molar-refractivity contribution in [3.63, 3.8) is 0 Å². The third kappa shape index (κ3) is 2.81. The van der Waals surface area contributed by atoms with Crippen LogP contribution in [0.15, 0.2) is 24.3 Å². The van der Waals surface area contributed by atoms with Gasteiger partial charge in [-0.2, -0.15) is 0 Å². The summed E-state index contributed by atoms with van der Waals surface area (Å²) >= 11 is 0. The van der Waals surface area contributed by atoms with Crippen molar-refractivity contribution in [2.24, 2.45) is 11.7 Å². The predicted molar refractivity (Wildman–Crippen MR) is 84.0 cm³/mol. The average molecular weight is 313 g/mol. The highest BCUT2D eigenvalue weighted by atomic mass is 16.2. The molecule has 7 nitrogen and oxygen atoms in total. The number of hydrogen-bond donors (Lipinski definition) is 1. The summed E-state index contributed by atoms with van der Waals surface area (Å²) in [6.45, 7) is 4.68. The number of likely N-dealkylation sites (tertiary alicyclic amines) is 1. The quantitative estimate of drug-likeness (QED) is 0.908. The molecule has 2 amide bonds. The van der Waals surface area contributed by atoms with E-state index in [0.29, 0.717) is 30.9 Å². The van der Waals surface area contributed by atoms with Crippen molar-refractivity contribution in [1.82, 2.24) is 19.9 Å². The zero-order chi connectivity index (χ0) is 16.6. The molecule has 1 saturated heterocycles. The molecule has 0 aliphatic carbocycles. The minimum Gasteiger partial charge on any atom is -0.369 e. The van der Waals surface area contributed by atoms with Gasteiger partial charge in [0.25, 0.3) is 5.91 Å². The van der Waals surface area contributed by atoms with Crippen molar-refractivity contribution < 1.29 is 9.59 Å². The van der Waals surface area contributed by atoms with Gasteiger partial charge < -0.3 is 10.6 Å². The topological polar surface area (TPSA) is 94.1 Å². The molecule has 0 spiro atoms. The maximum Gasteiger partial charge on any atom is 0.276 e. The van der Waals surface area contributed by atoms with Crippen LogP contribution in [0, 0.1) is 19.8 Å². The van der Waals surface area contributed by atoms with Gasteiger partial charge in [0.1, 0.15) is 0 Å². The van der Waals surface area contributed by atoms with Crippen molar-refractivity contribution in [2.75, 3.05) is 13.1 Å². The van der Waals surface area contributed by atoms with Crippen LogP contribution in [-0.2, 0) is 4.79 Å². The Labute approximate surface area is 134 Å². The van der Waals surface area contributed by atoms with Gasteiger partial charge in [0.05, 0.1) is 17.3 Å². The number of aryl methyl sites for hydroxylation is 1. The number of carbonyl (C=O) groups excluding carboxylic acids is 2. The van der Waals surface area contributed by atoms with Gasteiger partial charge in [-0.05, 0) is 38.0 Å². The number of carbonyl (C=O) groups is 2. The second-order valence-corrected chi connectivity index (χ2v) is 5.91. The SMILES string of the molecule is Cc1cccc(-n2nnc(C(=O)N3CC[C@H](C(N)=O)C3)c2C)c1. The lowest BCUT2D eigenvalue weighted by atomic mass is 10.1. The number of amides is 2. The summed E-state index contributed by atoms with van der Waals surface area (Å²) < 4.78 is 1.65. The normalized spacial score (nSPS) is 17.5. The highest BCUT2D eigenvalue weighted by molar-refractivity contribution is 5.94. The number of rotatable bonds is 3. The van der Waals surface area contributed by atoms with Crippen LogP contribution in [0.4, 0.5) is 0 Å². The molecule has 1 aliphatic heterocycles. The zero-order valence-electron chi connectivity index (χ0n) is 13.2. The predicted octanol–water partition coefficient (Wildman–Crippen LogP) is 0.832. The second-order valence-electron chi connectivity index (χ2n) is 5.91. The Bertz CT molecular complexity index is 768. The second kappa shape index (κ2) is 5.83. The summed E-state index contributed by atoms with van der Waals surface area (Å²) in [6, 6.07) is 7.83. The van der Waals surface area contributed by atoms with Gasteiger partial charge in [0.15, 0.2) is 5.69 Å². The fourth-order valence-corrected chi connectivity index (χ4v) is 2.86. The summed E-state index contributed by atoms with van der Waals surface area (Å²) in [7, 11) is 0. The van der Waals surface area contributed by atoms with E-state index in [1.54, 1.807) is 9.58 Å². The number of nitrogens with two attached hydrogens (primary N) is 1. The maximum absolute atomic E-state index is 12.6. The largest absolute Gasteiger partial charge is 0.369 e. The van der Waals surface area contributed by atoms with Crippen molar-refractivity contribution in [1.29, 1.82) is 0 Å². The molecule has 120 valence electrons. The molecule has 2 heterocycles. The third-order valence-electron chi connectivity index (χ3n) is 4.22. The summed E-state index contributed by atoms with van der Waals surface area (Å²) in [6.07, 6.45) is 0.603. The first-order chi connectivity index (χ1) is 11.0. The lowest BCUT2D eigenvalue weighted by Gasteiger charge is -2.14. The summed E-state index contributed by atoms with van der Waals surface area (Å²) in [5.41, 5.74) is 8.29. The van der Waals surface area contributed by atoms with E-state index in [9.17, 15) is 9.59 Å². The molecule has 0 unspecified atom stereocenters. The molecule has 7 heteroatoms. The molecule has 23 heavy (non-hydrogen) atoms. The molecule has 0 radical (unpaired) electrons. The standard InChI is InChI=1S/C16H19N5O2/c1-10-4-3-5-13(8-10)21-11(2)14(18-19-21)16(23)20-7-6-12(9-20)15(17)22/h3-5,8,12H,6-7,9H2,1-2H3,(H2,17,22)/t12-/m0/s1. The maximum atomic E-state index is 12.6. The Morgan fingerprint density at radius 2 is 2.09 bits per heavy atom. The van der Waals surface area contributed by atoms with E-state index >= 15 is 0 Å². The van der Waals surface area contributed by atoms with E-state index in [-0.39, 0.29) is 17.7 Å². The van der Waals surface area contributed by atoms with Crippen LogP contribution < -0.4 is 5.73 Å². The molecule has 2 aromatic rings. The Morgan fingerprint density at radius 3 is 2.74 bits per heavy atom. The summed E-state index contributed by atoms with van der Waals surface area (Å²) in [4.78, 5) is 25.5. The molecule has 1 atom stereocenters. The van der Waals surface area contributed by atoms with Crippen LogP contribution in [0.25, 0.3) is 5.69 Å². The lowest BCUT2D eigenvalue weighted by Crippen LogP contribution is -2.32. The molecular formula is C16H19N5O2. The molecule has 1 aromatic heterocycles. The number of benzene rings is 1. The Hall–Kier alpha value is -2.70. The van der Waals surface area contributed by atoms with Gasteiger partial charge >= 0.3 is 0 Å². The Morgan fingerprint density at radius 1 is 1.30 bits per heavy atom. The molecule has 0 saturated carbocycles. The number of aromatic nitrogens is 3. The van der Waals surface area contributed by atoms with Gasteiger partial charge in [-0.15, -0.1) is 5.10 Å². The van der Waals surface area contributed by atoms with Gasteiger partial charge in [0.2, 0.25) is 5.91 Å². The molecule has 1 aromatic carbocycles. The van der Waals surface area contributed by atoms with Crippen LogP contribution in [0.1, 0.15) is 28.2 Å². The highest BCUT2D eigenvalue weighted by Crippen LogP contribution is 2.20. The zero-order valence-corrected chi connectivity index (χ0v) is 13.2. The summed E-state index contributed by atoms with van der Waals surface area (Å²) in [5.74, 6) is -0.836. The van der Waals surface area contributed by atoms with Gasteiger partial charge in [-0.25, -0.2) is 4.68 Å². The molecule has 0 bridgehead atoms. The van der Waals surface area contributed by atoms with Crippen molar-refractivity contribution in [2.45, 2.75) is 20.3 Å². The van der Waals surface area contributed by atoms with E-state index in [4.69, 9.17) is 5.73 Å². The van der Waals surface area contributed by atoms with Crippen LogP contribution in [0.3, 0.4) is 0 Å². The molecule has 1 aliphatic rings. The van der Waals surface area contributed by atoms with Gasteiger partial charge in [-0.3, -0.25) is 9.59 Å². The monoisotopic (exact) mass is 313 g/mol. The van der Waals surface area contributed by atoms with Crippen LogP contribution in [0.5, 0.6) is 0 Å². The van der Waals surface area contributed by atoms with E-state index in [1.807, 2.05) is 38.1 Å². The van der Waals surface area contributed by atoms with Gasteiger partial charge in [0, 0.05) is 13.1 Å². The van der Waals surface area contributed by atoms with E-state index in [1.165, 1.54) is 0 Å². The highest BCUT2D eigenvalue weighted by Gasteiger charge is 2.32. The van der Waals surface area contributed by atoms with Crippen molar-refractivity contribution in [3.8, 4) is 5.69 Å². The van der Waals surface area contributed by atoms with Crippen LogP contribution in [0.2, 0.25) is 0 Å². The van der Waals surface area contributed by atoms with E-state index in [0.717, 1.165) is 11.3 Å². The van der Waals surface area contributed by atoms with E-state index in [2.05, 4.69) is 10.3 Å². The number of nitrogens with zero attached hydrogens (tertiary/aromatic N) is 4. The molecule has 3 rings (SSSR count). The average Bonchev–Trinajstić information content (AvgIpc) is 3.13. The van der Waals surface area contributed by atoms with E-state index < -0.39 is 0 Å². The first-order valence-corrected chi connectivity index (χ1v) is 7.55. The van der Waals surface area contributed by atoms with Crippen molar-refractivity contribution >= 4 is 11.8 Å². The first-order valence-electron chi connectivity index (χ1n) is 7.55. The third-order valence-corrected chi connectivity index (χ3v) is 4.22. The molecule has 2 N–H and O–H groups in total. The minimum absolute atomic E-state index is 0.204. The van der Waals surface area contributed by atoms with Gasteiger partial charge in [-0.1, -0.05) is 17.3 Å². The Balaban J connectivity index is 1.85. The molecule has 1 fully saturated rings. The Kier molecular flexibility index (Phi) is 3.85.